The number of furan rings is 1. The predicted molar refractivity (Wildman–Crippen MR) is 95.8 cm³/mol. The fourth-order valence-electron chi connectivity index (χ4n) is 2.75. The van der Waals surface area contributed by atoms with Crippen molar-refractivity contribution in [3.63, 3.8) is 0 Å². The lowest BCUT2D eigenvalue weighted by Gasteiger charge is -2.16. The lowest BCUT2D eigenvalue weighted by molar-refractivity contribution is -0.136. The van der Waals surface area contributed by atoms with Crippen LogP contribution in [0.3, 0.4) is 0 Å². The van der Waals surface area contributed by atoms with Gasteiger partial charge in [0.2, 0.25) is 0 Å². The Morgan fingerprint density at radius 3 is 2.89 bits per heavy atom. The maximum atomic E-state index is 13.8. The molecule has 8 nitrogen and oxygen atoms in total. The third kappa shape index (κ3) is 4.15. The molecule has 0 bridgehead atoms. The molecule has 28 heavy (non-hydrogen) atoms. The Hall–Kier alpha value is -3.33. The van der Waals surface area contributed by atoms with E-state index in [9.17, 15) is 14.0 Å². The van der Waals surface area contributed by atoms with Crippen LogP contribution in [0, 0.1) is 5.82 Å². The summed E-state index contributed by atoms with van der Waals surface area (Å²) in [5.74, 6) is -0.911. The van der Waals surface area contributed by atoms with Crippen LogP contribution in [0.5, 0.6) is 5.75 Å². The Balaban J connectivity index is 1.88. The molecule has 1 aromatic carbocycles. The monoisotopic (exact) mass is 390 g/mol. The van der Waals surface area contributed by atoms with Gasteiger partial charge in [0.1, 0.15) is 29.6 Å². The topological polar surface area (TPSA) is 101 Å². The van der Waals surface area contributed by atoms with Crippen LogP contribution in [-0.4, -0.2) is 48.7 Å². The number of benzene rings is 1. The van der Waals surface area contributed by atoms with Crippen LogP contribution in [-0.2, 0) is 20.9 Å². The smallest absolute Gasteiger partial charge is 0.337 e. The number of methoxy groups -OCH3 is 1. The first-order valence-electron chi connectivity index (χ1n) is 8.47. The van der Waals surface area contributed by atoms with Gasteiger partial charge < -0.3 is 29.2 Å². The zero-order valence-electron chi connectivity index (χ0n) is 15.1. The van der Waals surface area contributed by atoms with Crippen LogP contribution in [0.4, 0.5) is 10.1 Å². The standard InChI is InChI=1S/C19H19FN2O6/c1-26-19(25)14-10-22(6-7-23)18(24)17(14)21-15-9-12(20)4-5-16(15)28-11-13-3-2-8-27-13/h2-5,8-9,21,23H,6-7,10-11H2,1H3. The average Bonchev–Trinajstić information content (AvgIpc) is 3.31. The van der Waals surface area contributed by atoms with E-state index in [0.717, 1.165) is 6.07 Å². The van der Waals surface area contributed by atoms with Crippen LogP contribution in [0.1, 0.15) is 5.76 Å². The molecule has 0 atom stereocenters. The zero-order valence-corrected chi connectivity index (χ0v) is 15.1. The van der Waals surface area contributed by atoms with Crippen molar-refractivity contribution in [2.24, 2.45) is 0 Å². The number of carbonyl (C=O) groups is 2. The number of amides is 1. The van der Waals surface area contributed by atoms with Crippen molar-refractivity contribution >= 4 is 17.6 Å². The molecule has 1 aliphatic rings. The maximum Gasteiger partial charge on any atom is 0.337 e. The van der Waals surface area contributed by atoms with Gasteiger partial charge in [-0.05, 0) is 24.3 Å². The van der Waals surface area contributed by atoms with E-state index in [0.29, 0.717) is 5.76 Å². The van der Waals surface area contributed by atoms with Crippen LogP contribution < -0.4 is 10.1 Å². The van der Waals surface area contributed by atoms with Gasteiger partial charge in [0.15, 0.2) is 0 Å². The highest BCUT2D eigenvalue weighted by Crippen LogP contribution is 2.30. The molecule has 9 heteroatoms. The first kappa shape index (κ1) is 19.4. The number of halogens is 1. The number of β-amino-alcohol motifs (C(OH)–C–C–N with tert-alkyl or cyclic N) is 1. The number of aliphatic hydroxyl groups excluding tert-OH is 1. The van der Waals surface area contributed by atoms with Crippen molar-refractivity contribution in [1.82, 2.24) is 4.90 Å². The van der Waals surface area contributed by atoms with Gasteiger partial charge in [0, 0.05) is 12.6 Å². The summed E-state index contributed by atoms with van der Waals surface area (Å²) in [6.07, 6.45) is 1.50. The van der Waals surface area contributed by atoms with E-state index in [1.165, 1.54) is 30.4 Å². The molecule has 2 aromatic rings. The number of hydrogen-bond acceptors (Lipinski definition) is 7. The predicted octanol–water partition coefficient (Wildman–Crippen LogP) is 1.67. The van der Waals surface area contributed by atoms with E-state index in [1.54, 1.807) is 12.1 Å². The molecular formula is C19H19FN2O6. The highest BCUT2D eigenvalue weighted by molar-refractivity contribution is 6.08. The van der Waals surface area contributed by atoms with Crippen LogP contribution in [0.25, 0.3) is 0 Å². The average molecular weight is 390 g/mol. The van der Waals surface area contributed by atoms with Crippen LogP contribution in [0.2, 0.25) is 0 Å². The van der Waals surface area contributed by atoms with Crippen molar-refractivity contribution in [2.45, 2.75) is 6.61 Å². The van der Waals surface area contributed by atoms with Gasteiger partial charge in [-0.15, -0.1) is 0 Å². The summed E-state index contributed by atoms with van der Waals surface area (Å²) in [6.45, 7) is -0.131. The van der Waals surface area contributed by atoms with E-state index >= 15 is 0 Å². The minimum atomic E-state index is -0.689. The number of ether oxygens (including phenoxy) is 2. The van der Waals surface area contributed by atoms with E-state index < -0.39 is 17.7 Å². The number of carbonyl (C=O) groups excluding carboxylic acids is 2. The third-order valence-corrected chi connectivity index (χ3v) is 4.10. The third-order valence-electron chi connectivity index (χ3n) is 4.10. The summed E-state index contributed by atoms with van der Waals surface area (Å²) in [7, 11) is 1.20. The van der Waals surface area contributed by atoms with Gasteiger partial charge >= 0.3 is 5.97 Å². The first-order chi connectivity index (χ1) is 13.5. The molecule has 3 rings (SSSR count). The molecule has 0 saturated heterocycles. The largest absolute Gasteiger partial charge is 0.483 e. The number of nitrogens with one attached hydrogen (secondary N) is 1. The molecule has 2 N–H and O–H groups in total. The summed E-state index contributed by atoms with van der Waals surface area (Å²) in [5.41, 5.74) is 0.207. The summed E-state index contributed by atoms with van der Waals surface area (Å²) >= 11 is 0. The Morgan fingerprint density at radius 2 is 2.21 bits per heavy atom. The number of esters is 1. The van der Waals surface area contributed by atoms with E-state index in [4.69, 9.17) is 19.0 Å². The molecule has 1 amide bonds. The Morgan fingerprint density at radius 1 is 1.39 bits per heavy atom. The minimum absolute atomic E-state index is 0.0215. The van der Waals surface area contributed by atoms with Gasteiger partial charge in [0.05, 0.1) is 37.8 Å². The number of anilines is 1. The van der Waals surface area contributed by atoms with Gasteiger partial charge in [-0.25, -0.2) is 9.18 Å². The van der Waals surface area contributed by atoms with Gasteiger partial charge in [-0.2, -0.15) is 0 Å². The molecule has 148 valence electrons. The molecule has 0 radical (unpaired) electrons. The molecule has 1 aliphatic heterocycles. The van der Waals surface area contributed by atoms with Crippen LogP contribution in [0.15, 0.2) is 52.3 Å². The second kappa shape index (κ2) is 8.57. The lowest BCUT2D eigenvalue weighted by Crippen LogP contribution is -2.31. The number of rotatable bonds is 8. The molecule has 0 aliphatic carbocycles. The first-order valence-corrected chi connectivity index (χ1v) is 8.47. The van der Waals surface area contributed by atoms with Crippen molar-refractivity contribution in [3.05, 3.63) is 59.4 Å². The second-order valence-electron chi connectivity index (χ2n) is 5.93. The highest BCUT2D eigenvalue weighted by Gasteiger charge is 2.34. The van der Waals surface area contributed by atoms with Crippen molar-refractivity contribution < 1.29 is 33.0 Å². The summed E-state index contributed by atoms with van der Waals surface area (Å²) < 4.78 is 29.4. The SMILES string of the molecule is COC(=O)C1=C(Nc2cc(F)ccc2OCc2ccco2)C(=O)N(CCO)C1. The summed E-state index contributed by atoms with van der Waals surface area (Å²) in [6, 6.07) is 7.21. The van der Waals surface area contributed by atoms with Gasteiger partial charge in [0.25, 0.3) is 5.91 Å². The maximum absolute atomic E-state index is 13.8. The second-order valence-corrected chi connectivity index (χ2v) is 5.93. The van der Waals surface area contributed by atoms with Crippen molar-refractivity contribution in [2.75, 3.05) is 32.1 Å². The summed E-state index contributed by atoms with van der Waals surface area (Å²) in [4.78, 5) is 26.0. The van der Waals surface area contributed by atoms with E-state index in [1.807, 2.05) is 0 Å². The molecule has 0 fully saturated rings. The fourth-order valence-corrected chi connectivity index (χ4v) is 2.75. The van der Waals surface area contributed by atoms with Gasteiger partial charge in [-0.1, -0.05) is 0 Å². The van der Waals surface area contributed by atoms with Gasteiger partial charge in [-0.3, -0.25) is 4.79 Å². The molecule has 1 aromatic heterocycles. The Kier molecular flexibility index (Phi) is 5.95. The molecule has 0 saturated carbocycles. The normalized spacial score (nSPS) is 13.8. The van der Waals surface area contributed by atoms with Crippen LogP contribution >= 0.6 is 0 Å². The number of aliphatic hydroxyl groups is 1. The van der Waals surface area contributed by atoms with E-state index in [2.05, 4.69) is 5.32 Å². The Labute approximate surface area is 160 Å². The highest BCUT2D eigenvalue weighted by atomic mass is 19.1. The fraction of sp³-hybridized carbons (Fsp3) is 0.263. The van der Waals surface area contributed by atoms with Crippen molar-refractivity contribution in [1.29, 1.82) is 0 Å². The molecule has 2 heterocycles. The lowest BCUT2D eigenvalue weighted by atomic mass is 10.2. The zero-order chi connectivity index (χ0) is 20.1. The molecule has 0 unspecified atom stereocenters. The quantitative estimate of drug-likeness (QED) is 0.661. The number of hydrogen-bond donors (Lipinski definition) is 2. The minimum Gasteiger partial charge on any atom is -0.483 e. The summed E-state index contributed by atoms with van der Waals surface area (Å²) in [5, 5.41) is 11.9. The van der Waals surface area contributed by atoms with E-state index in [-0.39, 0.29) is 49.0 Å². The number of nitrogens with zero attached hydrogens (tertiary/aromatic N) is 1. The molecule has 0 spiro atoms. The van der Waals surface area contributed by atoms with Crippen molar-refractivity contribution in [3.8, 4) is 5.75 Å². The Bertz CT molecular complexity index is 894. The molecular weight excluding hydrogens is 371 g/mol.